The van der Waals surface area contributed by atoms with E-state index >= 15 is 0 Å². The molecule has 6 heteroatoms. The molecule has 2 heterocycles. The second kappa shape index (κ2) is 12.5. The number of carbonyl (C=O) groups is 1. The molecule has 0 bridgehead atoms. The van der Waals surface area contributed by atoms with Gasteiger partial charge in [0.25, 0.3) is 5.91 Å². The van der Waals surface area contributed by atoms with Gasteiger partial charge in [0.05, 0.1) is 13.2 Å². The molecule has 0 atom stereocenters. The Bertz CT molecular complexity index is 1090. The molecule has 1 aromatic heterocycles. The van der Waals surface area contributed by atoms with E-state index in [4.69, 9.17) is 9.47 Å². The van der Waals surface area contributed by atoms with Crippen LogP contribution in [0.25, 0.3) is 10.9 Å². The maximum atomic E-state index is 13.4. The van der Waals surface area contributed by atoms with Crippen LogP contribution in [-0.4, -0.2) is 55.2 Å². The number of unbranched alkanes of at least 4 members (excludes halogenated alkanes) is 4. The molecule has 3 aromatic rings. The van der Waals surface area contributed by atoms with Crippen LogP contribution in [0.1, 0.15) is 62.7 Å². The van der Waals surface area contributed by atoms with Gasteiger partial charge >= 0.3 is 0 Å². The molecule has 6 nitrogen and oxygen atoms in total. The Labute approximate surface area is 209 Å². The van der Waals surface area contributed by atoms with E-state index in [2.05, 4.69) is 48.0 Å². The van der Waals surface area contributed by atoms with Gasteiger partial charge in [-0.2, -0.15) is 0 Å². The summed E-state index contributed by atoms with van der Waals surface area (Å²) in [5.41, 5.74) is 3.03. The summed E-state index contributed by atoms with van der Waals surface area (Å²) in [7, 11) is 0. The van der Waals surface area contributed by atoms with Crippen molar-refractivity contribution in [3.8, 4) is 11.5 Å². The summed E-state index contributed by atoms with van der Waals surface area (Å²) in [6, 6.07) is 14.1. The van der Waals surface area contributed by atoms with E-state index in [1.165, 1.54) is 11.1 Å². The lowest BCUT2D eigenvalue weighted by molar-refractivity contribution is 0.0746. The summed E-state index contributed by atoms with van der Waals surface area (Å²) in [5, 5.41) is 1.23. The zero-order chi connectivity index (χ0) is 24.5. The zero-order valence-electron chi connectivity index (χ0n) is 21.2. The van der Waals surface area contributed by atoms with Crippen molar-refractivity contribution in [1.82, 2.24) is 9.88 Å². The van der Waals surface area contributed by atoms with Gasteiger partial charge in [-0.1, -0.05) is 45.6 Å². The van der Waals surface area contributed by atoms with Crippen LogP contribution in [0.4, 0.5) is 5.69 Å². The lowest BCUT2D eigenvalue weighted by atomic mass is 10.1. The molecule has 1 aliphatic rings. The SMILES string of the molecule is CCCCCOc1ccc(C(=O)N2CCN(c3cccc4[nH]ccc34)CC2)cc1OCCCCC. The highest BCUT2D eigenvalue weighted by Gasteiger charge is 2.24. The number of piperazine rings is 1. The average molecular weight is 478 g/mol. The van der Waals surface area contributed by atoms with E-state index in [0.29, 0.717) is 37.6 Å². The van der Waals surface area contributed by atoms with Crippen LogP contribution >= 0.6 is 0 Å². The van der Waals surface area contributed by atoms with Gasteiger partial charge in [0.2, 0.25) is 0 Å². The quantitative estimate of drug-likeness (QED) is 0.313. The Morgan fingerprint density at radius 2 is 1.57 bits per heavy atom. The van der Waals surface area contributed by atoms with Crippen molar-refractivity contribution >= 4 is 22.5 Å². The number of fused-ring (bicyclic) bond motifs is 1. The number of H-pyrrole nitrogens is 1. The summed E-state index contributed by atoms with van der Waals surface area (Å²) >= 11 is 0. The molecule has 0 aliphatic carbocycles. The van der Waals surface area contributed by atoms with Crippen LogP contribution in [-0.2, 0) is 0 Å². The fraction of sp³-hybridized carbons (Fsp3) is 0.483. The Morgan fingerprint density at radius 1 is 0.857 bits per heavy atom. The van der Waals surface area contributed by atoms with E-state index < -0.39 is 0 Å². The van der Waals surface area contributed by atoms with Gasteiger partial charge < -0.3 is 24.3 Å². The van der Waals surface area contributed by atoms with E-state index in [9.17, 15) is 4.79 Å². The maximum absolute atomic E-state index is 13.4. The molecule has 0 spiro atoms. The number of aromatic nitrogens is 1. The molecule has 0 saturated carbocycles. The number of anilines is 1. The fourth-order valence-electron chi connectivity index (χ4n) is 4.62. The highest BCUT2D eigenvalue weighted by molar-refractivity contribution is 5.95. The molecule has 0 unspecified atom stereocenters. The second-order valence-corrected chi connectivity index (χ2v) is 9.27. The normalized spacial score (nSPS) is 13.9. The van der Waals surface area contributed by atoms with Gasteiger partial charge in [-0.15, -0.1) is 0 Å². The standard InChI is InChI=1S/C29H39N3O3/c1-3-5-7-20-34-27-13-12-23(22-28(27)35-21-8-6-4-2)29(33)32-18-16-31(17-19-32)26-11-9-10-25-24(26)14-15-30-25/h9-15,22,30H,3-8,16-21H2,1-2H3. The van der Waals surface area contributed by atoms with Crippen LogP contribution in [0.2, 0.25) is 0 Å². The van der Waals surface area contributed by atoms with Gasteiger partial charge in [-0.3, -0.25) is 4.79 Å². The number of benzene rings is 2. The molecule has 0 radical (unpaired) electrons. The van der Waals surface area contributed by atoms with Crippen molar-refractivity contribution in [3.63, 3.8) is 0 Å². The third-order valence-corrected chi connectivity index (χ3v) is 6.68. The van der Waals surface area contributed by atoms with Gasteiger partial charge in [0, 0.05) is 54.5 Å². The third kappa shape index (κ3) is 6.30. The van der Waals surface area contributed by atoms with E-state index in [1.54, 1.807) is 0 Å². The third-order valence-electron chi connectivity index (χ3n) is 6.68. The summed E-state index contributed by atoms with van der Waals surface area (Å²) < 4.78 is 12.1. The van der Waals surface area contributed by atoms with Crippen LogP contribution in [0.3, 0.4) is 0 Å². The first-order chi connectivity index (χ1) is 17.2. The van der Waals surface area contributed by atoms with Crippen LogP contribution in [0.5, 0.6) is 11.5 Å². The molecule has 188 valence electrons. The largest absolute Gasteiger partial charge is 0.490 e. The molecular formula is C29H39N3O3. The highest BCUT2D eigenvalue weighted by Crippen LogP contribution is 2.31. The minimum Gasteiger partial charge on any atom is -0.490 e. The minimum atomic E-state index is 0.0560. The van der Waals surface area contributed by atoms with Crippen molar-refractivity contribution in [2.75, 3.05) is 44.3 Å². The van der Waals surface area contributed by atoms with Crippen molar-refractivity contribution in [2.45, 2.75) is 52.4 Å². The number of amides is 1. The van der Waals surface area contributed by atoms with Crippen molar-refractivity contribution < 1.29 is 14.3 Å². The number of hydrogen-bond donors (Lipinski definition) is 1. The highest BCUT2D eigenvalue weighted by atomic mass is 16.5. The number of nitrogens with one attached hydrogen (secondary N) is 1. The molecule has 2 aromatic carbocycles. The fourth-order valence-corrected chi connectivity index (χ4v) is 4.62. The summed E-state index contributed by atoms with van der Waals surface area (Å²) in [6.07, 6.45) is 8.58. The first-order valence-corrected chi connectivity index (χ1v) is 13.2. The average Bonchev–Trinajstić information content (AvgIpc) is 3.38. The first-order valence-electron chi connectivity index (χ1n) is 13.2. The lowest BCUT2D eigenvalue weighted by Gasteiger charge is -2.36. The Balaban J connectivity index is 1.40. The van der Waals surface area contributed by atoms with Gasteiger partial charge in [-0.25, -0.2) is 0 Å². The van der Waals surface area contributed by atoms with Crippen LogP contribution < -0.4 is 14.4 Å². The van der Waals surface area contributed by atoms with E-state index in [0.717, 1.165) is 62.9 Å². The van der Waals surface area contributed by atoms with Crippen LogP contribution in [0.15, 0.2) is 48.7 Å². The molecule has 1 N–H and O–H groups in total. The van der Waals surface area contributed by atoms with Crippen molar-refractivity contribution in [3.05, 3.63) is 54.2 Å². The smallest absolute Gasteiger partial charge is 0.254 e. The lowest BCUT2D eigenvalue weighted by Crippen LogP contribution is -2.48. The van der Waals surface area contributed by atoms with Gasteiger partial charge in [0.15, 0.2) is 11.5 Å². The molecule has 1 fully saturated rings. The topological polar surface area (TPSA) is 57.8 Å². The first kappa shape index (κ1) is 25.0. The molecule has 1 saturated heterocycles. The zero-order valence-corrected chi connectivity index (χ0v) is 21.2. The summed E-state index contributed by atoms with van der Waals surface area (Å²) in [6.45, 7) is 8.69. The molecule has 4 rings (SSSR count). The summed E-state index contributed by atoms with van der Waals surface area (Å²) in [5.74, 6) is 1.47. The monoisotopic (exact) mass is 477 g/mol. The predicted molar refractivity (Wildman–Crippen MR) is 143 cm³/mol. The van der Waals surface area contributed by atoms with Gasteiger partial charge in [0.1, 0.15) is 0 Å². The summed E-state index contributed by atoms with van der Waals surface area (Å²) in [4.78, 5) is 21.0. The van der Waals surface area contributed by atoms with Crippen LogP contribution in [0, 0.1) is 0 Å². The molecule has 35 heavy (non-hydrogen) atoms. The number of rotatable bonds is 12. The number of nitrogens with zero attached hydrogens (tertiary/aromatic N) is 2. The maximum Gasteiger partial charge on any atom is 0.254 e. The minimum absolute atomic E-state index is 0.0560. The molecule has 1 aliphatic heterocycles. The molecular weight excluding hydrogens is 438 g/mol. The molecule has 1 amide bonds. The Morgan fingerprint density at radius 3 is 2.29 bits per heavy atom. The Hall–Kier alpha value is -3.15. The predicted octanol–water partition coefficient (Wildman–Crippen LogP) is 6.27. The number of carbonyl (C=O) groups excluding carboxylic acids is 1. The Kier molecular flexibility index (Phi) is 8.93. The van der Waals surface area contributed by atoms with E-state index in [1.807, 2.05) is 29.3 Å². The van der Waals surface area contributed by atoms with Crippen molar-refractivity contribution in [1.29, 1.82) is 0 Å². The number of aromatic amines is 1. The number of hydrogen-bond acceptors (Lipinski definition) is 4. The number of ether oxygens (including phenoxy) is 2. The van der Waals surface area contributed by atoms with Gasteiger partial charge in [-0.05, 0) is 49.2 Å². The van der Waals surface area contributed by atoms with Crippen molar-refractivity contribution in [2.24, 2.45) is 0 Å². The van der Waals surface area contributed by atoms with E-state index in [-0.39, 0.29) is 5.91 Å². The second-order valence-electron chi connectivity index (χ2n) is 9.27.